The molecule has 5 atom stereocenters. The molecule has 2 aliphatic carbocycles. The van der Waals surface area contributed by atoms with Crippen molar-refractivity contribution >= 4 is 44.6 Å². The Balaban J connectivity index is 1.16. The number of nitrogens with zero attached hydrogens (tertiary/aromatic N) is 4. The van der Waals surface area contributed by atoms with Crippen LogP contribution in [0.25, 0.3) is 10.9 Å². The van der Waals surface area contributed by atoms with Gasteiger partial charge in [0.25, 0.3) is 5.91 Å². The lowest BCUT2D eigenvalue weighted by Crippen LogP contribution is -2.58. The smallest absolute Gasteiger partial charge is 0.259 e. The molecule has 1 saturated heterocycles. The zero-order valence-corrected chi connectivity index (χ0v) is 32.2. The molecule has 3 aromatic rings. The van der Waals surface area contributed by atoms with Gasteiger partial charge in [0.15, 0.2) is 0 Å². The number of aryl methyl sites for hydroxylation is 2. The van der Waals surface area contributed by atoms with E-state index in [0.29, 0.717) is 61.3 Å². The number of nitrogens with one attached hydrogen (secondary N) is 3. The summed E-state index contributed by atoms with van der Waals surface area (Å²) in [7, 11) is -2.36. The number of anilines is 1. The summed E-state index contributed by atoms with van der Waals surface area (Å²) in [6.07, 6.45) is 12.2. The van der Waals surface area contributed by atoms with E-state index in [0.717, 1.165) is 29.3 Å². The highest BCUT2D eigenvalue weighted by Gasteiger charge is 2.64. The summed E-state index contributed by atoms with van der Waals surface area (Å²) >= 11 is 0. The predicted octanol–water partition coefficient (Wildman–Crippen LogP) is 4.05. The standard InChI is InChI=1S/C40H47N7O7S/c1-24-10-7-5-6-8-11-26-21-40(26,36(50)46-55(51,52)38(3)16-17-38)45-34(48)31-22-39(23-47(31)35(49)32(24)44-37-41-18-9-19-42-37)15-14-28-29-20-27(53-4)12-13-30(29)43-25(2)33(28)54-39/h8-9,11-13,18-20,26,31-32H,1,5-7,10,14-17,21-23H2,2-4H3,(H,45,48)(H,46,50)(H,41,42,44)/b11-8-/t26-,31?,32+,39-,40-/m1/s1. The van der Waals surface area contributed by atoms with E-state index in [1.54, 1.807) is 32.5 Å². The fourth-order valence-corrected chi connectivity index (χ4v) is 9.63. The number of pyridine rings is 1. The summed E-state index contributed by atoms with van der Waals surface area (Å²) in [6, 6.07) is 5.39. The summed E-state index contributed by atoms with van der Waals surface area (Å²) in [6.45, 7) is 7.89. The van der Waals surface area contributed by atoms with Crippen LogP contribution in [0.5, 0.6) is 11.5 Å². The number of carbonyl (C=O) groups excluding carboxylic acids is 3. The fraction of sp³-hybridized carbons (Fsp3) is 0.500. The molecule has 1 aromatic carbocycles. The van der Waals surface area contributed by atoms with Gasteiger partial charge in [-0.05, 0) is 101 Å². The number of rotatable bonds is 6. The molecule has 1 spiro atoms. The quantitative estimate of drug-likeness (QED) is 0.308. The maximum Gasteiger partial charge on any atom is 0.259 e. The van der Waals surface area contributed by atoms with Gasteiger partial charge in [-0.3, -0.25) is 19.1 Å². The van der Waals surface area contributed by atoms with Crippen LogP contribution in [0.4, 0.5) is 5.95 Å². The third kappa shape index (κ3) is 6.70. The van der Waals surface area contributed by atoms with Crippen LogP contribution in [0.1, 0.15) is 76.0 Å². The van der Waals surface area contributed by atoms with Crippen LogP contribution < -0.4 is 24.8 Å². The van der Waals surface area contributed by atoms with Crippen LogP contribution in [0.15, 0.2) is 61.0 Å². The number of methoxy groups -OCH3 is 1. The van der Waals surface area contributed by atoms with E-state index in [4.69, 9.17) is 14.5 Å². The average molecular weight is 770 g/mol. The van der Waals surface area contributed by atoms with Gasteiger partial charge in [-0.25, -0.2) is 23.4 Å². The lowest BCUT2D eigenvalue weighted by Gasteiger charge is -2.37. The number of sulfonamides is 1. The van der Waals surface area contributed by atoms with Crippen molar-refractivity contribution in [3.8, 4) is 11.5 Å². The molecule has 290 valence electrons. The van der Waals surface area contributed by atoms with Gasteiger partial charge in [0, 0.05) is 35.7 Å². The van der Waals surface area contributed by atoms with Gasteiger partial charge in [0.05, 0.1) is 29.6 Å². The van der Waals surface area contributed by atoms with Crippen LogP contribution in [-0.4, -0.2) is 87.6 Å². The first kappa shape index (κ1) is 36.9. The molecule has 3 N–H and O–H groups in total. The number of amides is 3. The topological polar surface area (TPSA) is 182 Å². The largest absolute Gasteiger partial charge is 0.497 e. The Morgan fingerprint density at radius 1 is 1.11 bits per heavy atom. The summed E-state index contributed by atoms with van der Waals surface area (Å²) in [5.41, 5.74) is 0.658. The molecule has 5 aliphatic rings. The number of carbonyl (C=O) groups is 3. The Bertz CT molecular complexity index is 2230. The molecule has 0 bridgehead atoms. The van der Waals surface area contributed by atoms with Crippen molar-refractivity contribution < 1.29 is 32.3 Å². The van der Waals surface area contributed by atoms with Crippen molar-refractivity contribution in [1.82, 2.24) is 29.9 Å². The minimum atomic E-state index is -3.98. The molecular formula is C40H47N7O7S. The Morgan fingerprint density at radius 2 is 1.89 bits per heavy atom. The molecule has 55 heavy (non-hydrogen) atoms. The Morgan fingerprint density at radius 3 is 2.64 bits per heavy atom. The van der Waals surface area contributed by atoms with E-state index < -0.39 is 61.6 Å². The lowest BCUT2D eigenvalue weighted by atomic mass is 9.87. The van der Waals surface area contributed by atoms with Crippen molar-refractivity contribution in [2.75, 3.05) is 19.0 Å². The first-order chi connectivity index (χ1) is 26.3. The van der Waals surface area contributed by atoms with Crippen molar-refractivity contribution in [3.05, 3.63) is 72.2 Å². The first-order valence-corrected chi connectivity index (χ1v) is 20.5. The molecule has 15 heteroatoms. The zero-order chi connectivity index (χ0) is 38.8. The third-order valence-electron chi connectivity index (χ3n) is 12.1. The average Bonchev–Trinajstić information content (AvgIpc) is 4.06. The zero-order valence-electron chi connectivity index (χ0n) is 31.4. The molecule has 2 saturated carbocycles. The number of fused-ring (bicyclic) bond motifs is 5. The van der Waals surface area contributed by atoms with E-state index in [1.165, 1.54) is 4.90 Å². The van der Waals surface area contributed by atoms with Gasteiger partial charge in [-0.2, -0.15) is 0 Å². The molecule has 3 aliphatic heterocycles. The van der Waals surface area contributed by atoms with Crippen LogP contribution in [0, 0.1) is 12.8 Å². The number of hydrogen-bond acceptors (Lipinski definition) is 11. The molecule has 8 rings (SSSR count). The van der Waals surface area contributed by atoms with Crippen LogP contribution in [0.2, 0.25) is 0 Å². The van der Waals surface area contributed by atoms with Crippen molar-refractivity contribution in [2.24, 2.45) is 5.92 Å². The Kier molecular flexibility index (Phi) is 9.13. The molecular weight excluding hydrogens is 723 g/mol. The van der Waals surface area contributed by atoms with Gasteiger partial charge in [-0.15, -0.1) is 0 Å². The lowest BCUT2D eigenvalue weighted by molar-refractivity contribution is -0.140. The normalized spacial score (nSPS) is 29.4. The van der Waals surface area contributed by atoms with Gasteiger partial charge in [-0.1, -0.05) is 18.7 Å². The van der Waals surface area contributed by atoms with Gasteiger partial charge in [0.1, 0.15) is 34.7 Å². The highest BCUT2D eigenvalue weighted by atomic mass is 32.2. The second-order valence-corrected chi connectivity index (χ2v) is 18.2. The number of hydrogen-bond donors (Lipinski definition) is 3. The van der Waals surface area contributed by atoms with Gasteiger partial charge >= 0.3 is 0 Å². The Hall–Kier alpha value is -5.05. The van der Waals surface area contributed by atoms with Gasteiger partial charge in [0.2, 0.25) is 27.8 Å². The molecule has 3 amide bonds. The second-order valence-electron chi connectivity index (χ2n) is 16.0. The third-order valence-corrected chi connectivity index (χ3v) is 14.3. The molecule has 3 fully saturated rings. The van der Waals surface area contributed by atoms with E-state index in [1.807, 2.05) is 37.3 Å². The van der Waals surface area contributed by atoms with E-state index in [-0.39, 0.29) is 25.3 Å². The maximum atomic E-state index is 14.9. The van der Waals surface area contributed by atoms with Crippen molar-refractivity contribution in [2.45, 2.75) is 106 Å². The highest BCUT2D eigenvalue weighted by Crippen LogP contribution is 2.49. The summed E-state index contributed by atoms with van der Waals surface area (Å²) < 4.78 is 40.2. The maximum absolute atomic E-state index is 14.9. The van der Waals surface area contributed by atoms with Crippen molar-refractivity contribution in [1.29, 1.82) is 0 Å². The number of benzene rings is 1. The summed E-state index contributed by atoms with van der Waals surface area (Å²) in [5.74, 6) is -0.590. The molecule has 5 heterocycles. The minimum absolute atomic E-state index is 0.0787. The van der Waals surface area contributed by atoms with Gasteiger partial charge < -0.3 is 25.0 Å². The first-order valence-electron chi connectivity index (χ1n) is 19.0. The molecule has 0 radical (unpaired) electrons. The minimum Gasteiger partial charge on any atom is -0.497 e. The highest BCUT2D eigenvalue weighted by molar-refractivity contribution is 7.91. The summed E-state index contributed by atoms with van der Waals surface area (Å²) in [5, 5.41) is 7.07. The van der Waals surface area contributed by atoms with E-state index in [9.17, 15) is 22.8 Å². The SMILES string of the molecule is C=C1CCCC/C=C\[C@@H]2C[C@@]2(C(=O)NS(=O)(=O)C2(C)CC2)NC(=O)C2C[C@]3(CCc4c(c(C)nc5ccc(OC)cc45)O3)CN2C(=O)[C@H]1Nc1ncccn1. The van der Waals surface area contributed by atoms with Crippen LogP contribution >= 0.6 is 0 Å². The van der Waals surface area contributed by atoms with E-state index in [2.05, 4.69) is 31.9 Å². The molecule has 2 aromatic heterocycles. The molecule has 1 unspecified atom stereocenters. The van der Waals surface area contributed by atoms with Crippen LogP contribution in [-0.2, 0) is 30.8 Å². The number of aromatic nitrogens is 3. The predicted molar refractivity (Wildman–Crippen MR) is 205 cm³/mol. The summed E-state index contributed by atoms with van der Waals surface area (Å²) in [4.78, 5) is 58.6. The fourth-order valence-electron chi connectivity index (χ4n) is 8.32. The van der Waals surface area contributed by atoms with E-state index >= 15 is 0 Å². The number of allylic oxidation sites excluding steroid dienone is 1. The molecule has 14 nitrogen and oxygen atoms in total. The number of ether oxygens (including phenoxy) is 2. The Labute approximate surface area is 320 Å². The monoisotopic (exact) mass is 769 g/mol. The second kappa shape index (κ2) is 13.6. The van der Waals surface area contributed by atoms with Crippen molar-refractivity contribution in [3.63, 3.8) is 0 Å². The van der Waals surface area contributed by atoms with Crippen LogP contribution in [0.3, 0.4) is 0 Å².